The highest BCUT2D eigenvalue weighted by molar-refractivity contribution is 5.75. The van der Waals surface area contributed by atoms with E-state index >= 15 is 0 Å². The topological polar surface area (TPSA) is 78.4 Å². The van der Waals surface area contributed by atoms with Crippen LogP contribution in [0.5, 0.6) is 0 Å². The van der Waals surface area contributed by atoms with E-state index in [1.165, 1.54) is 12.8 Å². The Morgan fingerprint density at radius 1 is 1.50 bits per heavy atom. The largest absolute Gasteiger partial charge is 0.481 e. The van der Waals surface area contributed by atoms with Gasteiger partial charge in [-0.15, -0.1) is 0 Å². The maximum Gasteiger partial charge on any atom is 0.315 e. The van der Waals surface area contributed by atoms with E-state index < -0.39 is 5.97 Å². The molecule has 1 fully saturated rings. The number of urea groups is 1. The van der Waals surface area contributed by atoms with Gasteiger partial charge in [0.05, 0.1) is 6.42 Å². The van der Waals surface area contributed by atoms with Gasteiger partial charge in [0.2, 0.25) is 0 Å². The van der Waals surface area contributed by atoms with Crippen molar-refractivity contribution in [1.29, 1.82) is 0 Å². The average molecular weight is 200 g/mol. The molecular formula is C9H16N2O3. The van der Waals surface area contributed by atoms with Crippen LogP contribution in [0.25, 0.3) is 0 Å². The molecule has 3 N–H and O–H groups in total. The third kappa shape index (κ3) is 4.11. The van der Waals surface area contributed by atoms with Crippen molar-refractivity contribution < 1.29 is 14.7 Å². The van der Waals surface area contributed by atoms with Gasteiger partial charge in [0.25, 0.3) is 0 Å². The molecule has 0 radical (unpaired) electrons. The molecule has 0 aliphatic heterocycles. The van der Waals surface area contributed by atoms with Crippen molar-refractivity contribution in [3.63, 3.8) is 0 Å². The molecule has 2 amide bonds. The van der Waals surface area contributed by atoms with Crippen molar-refractivity contribution in [3.05, 3.63) is 0 Å². The van der Waals surface area contributed by atoms with E-state index in [0.717, 1.165) is 0 Å². The fraction of sp³-hybridized carbons (Fsp3) is 0.778. The van der Waals surface area contributed by atoms with E-state index in [1.54, 1.807) is 0 Å². The lowest BCUT2D eigenvalue weighted by Crippen LogP contribution is -2.42. The molecule has 14 heavy (non-hydrogen) atoms. The number of carboxylic acid groups (broad SMARTS) is 1. The van der Waals surface area contributed by atoms with Gasteiger partial charge >= 0.3 is 12.0 Å². The minimum atomic E-state index is -0.902. The Bertz CT molecular complexity index is 226. The first kappa shape index (κ1) is 10.8. The van der Waals surface area contributed by atoms with Crippen molar-refractivity contribution >= 4 is 12.0 Å². The van der Waals surface area contributed by atoms with Crippen LogP contribution in [-0.2, 0) is 4.79 Å². The predicted molar refractivity (Wildman–Crippen MR) is 51.0 cm³/mol. The SMILES string of the molecule is C[C@H](NC(=O)NCCC(=O)O)C1CC1. The van der Waals surface area contributed by atoms with Crippen LogP contribution < -0.4 is 10.6 Å². The first-order valence-corrected chi connectivity index (χ1v) is 4.85. The van der Waals surface area contributed by atoms with Crippen LogP contribution >= 0.6 is 0 Å². The van der Waals surface area contributed by atoms with Crippen LogP contribution in [0, 0.1) is 5.92 Å². The number of rotatable bonds is 5. The summed E-state index contributed by atoms with van der Waals surface area (Å²) in [7, 11) is 0. The summed E-state index contributed by atoms with van der Waals surface area (Å²) in [5, 5.41) is 13.6. The van der Waals surface area contributed by atoms with Gasteiger partial charge in [0, 0.05) is 12.6 Å². The molecule has 80 valence electrons. The summed E-state index contributed by atoms with van der Waals surface area (Å²) in [6.45, 7) is 2.15. The molecule has 1 aliphatic carbocycles. The van der Waals surface area contributed by atoms with Gasteiger partial charge < -0.3 is 15.7 Å². The van der Waals surface area contributed by atoms with Crippen LogP contribution in [-0.4, -0.2) is 29.7 Å². The summed E-state index contributed by atoms with van der Waals surface area (Å²) in [6, 6.07) is -0.0783. The molecule has 5 heteroatoms. The maximum absolute atomic E-state index is 11.2. The third-order valence-electron chi connectivity index (χ3n) is 2.31. The van der Waals surface area contributed by atoms with Gasteiger partial charge in [-0.1, -0.05) is 0 Å². The fourth-order valence-electron chi connectivity index (χ4n) is 1.25. The molecule has 1 aliphatic rings. The third-order valence-corrected chi connectivity index (χ3v) is 2.31. The van der Waals surface area contributed by atoms with Gasteiger partial charge in [-0.3, -0.25) is 4.79 Å². The van der Waals surface area contributed by atoms with Crippen molar-refractivity contribution in [2.45, 2.75) is 32.2 Å². The van der Waals surface area contributed by atoms with Crippen LogP contribution in [0.4, 0.5) is 4.79 Å². The summed E-state index contributed by atoms with van der Waals surface area (Å²) in [6.07, 6.45) is 2.32. The highest BCUT2D eigenvalue weighted by Crippen LogP contribution is 2.32. The monoisotopic (exact) mass is 200 g/mol. The Morgan fingerprint density at radius 2 is 2.14 bits per heavy atom. The number of carboxylic acids is 1. The van der Waals surface area contributed by atoms with E-state index in [2.05, 4.69) is 10.6 Å². The molecule has 0 bridgehead atoms. The number of hydrogen-bond acceptors (Lipinski definition) is 2. The minimum absolute atomic E-state index is 0.0365. The van der Waals surface area contributed by atoms with Crippen LogP contribution in [0.15, 0.2) is 0 Å². The summed E-state index contributed by atoms with van der Waals surface area (Å²) in [5.74, 6) is -0.291. The zero-order valence-corrected chi connectivity index (χ0v) is 8.25. The Balaban J connectivity index is 2.05. The summed E-state index contributed by atoms with van der Waals surface area (Å²) in [5.41, 5.74) is 0. The summed E-state index contributed by atoms with van der Waals surface area (Å²) >= 11 is 0. The minimum Gasteiger partial charge on any atom is -0.481 e. The molecule has 0 heterocycles. The van der Waals surface area contributed by atoms with E-state index in [4.69, 9.17) is 5.11 Å². The molecule has 0 saturated heterocycles. The molecular weight excluding hydrogens is 184 g/mol. The van der Waals surface area contributed by atoms with Gasteiger partial charge in [-0.25, -0.2) is 4.79 Å². The Labute approximate surface area is 82.9 Å². The molecule has 0 aromatic rings. The number of nitrogens with one attached hydrogen (secondary N) is 2. The van der Waals surface area contributed by atoms with E-state index in [1.807, 2.05) is 6.92 Å². The number of carbonyl (C=O) groups excluding carboxylic acids is 1. The van der Waals surface area contributed by atoms with Crippen molar-refractivity contribution in [3.8, 4) is 0 Å². The zero-order valence-electron chi connectivity index (χ0n) is 8.25. The number of amides is 2. The molecule has 1 rings (SSSR count). The van der Waals surface area contributed by atoms with Gasteiger partial charge in [0.1, 0.15) is 0 Å². The predicted octanol–water partition coefficient (Wildman–Crippen LogP) is 0.559. The van der Waals surface area contributed by atoms with Crippen molar-refractivity contribution in [2.24, 2.45) is 5.92 Å². The van der Waals surface area contributed by atoms with Crippen LogP contribution in [0.3, 0.4) is 0 Å². The summed E-state index contributed by atoms with van der Waals surface area (Å²) in [4.78, 5) is 21.3. The zero-order chi connectivity index (χ0) is 10.6. The second kappa shape index (κ2) is 4.83. The lowest BCUT2D eigenvalue weighted by atomic mass is 10.2. The van der Waals surface area contributed by atoms with E-state index in [9.17, 15) is 9.59 Å². The van der Waals surface area contributed by atoms with Crippen LogP contribution in [0.1, 0.15) is 26.2 Å². The van der Waals surface area contributed by atoms with Crippen molar-refractivity contribution in [2.75, 3.05) is 6.54 Å². The smallest absolute Gasteiger partial charge is 0.315 e. The van der Waals surface area contributed by atoms with Crippen LogP contribution in [0.2, 0.25) is 0 Å². The fourth-order valence-corrected chi connectivity index (χ4v) is 1.25. The number of carbonyl (C=O) groups is 2. The lowest BCUT2D eigenvalue weighted by Gasteiger charge is -2.12. The number of hydrogen-bond donors (Lipinski definition) is 3. The van der Waals surface area contributed by atoms with E-state index in [-0.39, 0.29) is 25.0 Å². The van der Waals surface area contributed by atoms with E-state index in [0.29, 0.717) is 5.92 Å². The number of aliphatic carboxylic acids is 1. The standard InChI is InChI=1S/C9H16N2O3/c1-6(7-2-3-7)11-9(14)10-5-4-8(12)13/h6-7H,2-5H2,1H3,(H,12,13)(H2,10,11,14)/t6-/m0/s1. The first-order valence-electron chi connectivity index (χ1n) is 4.85. The molecule has 1 saturated carbocycles. The summed E-state index contributed by atoms with van der Waals surface area (Å²) < 4.78 is 0. The second-order valence-electron chi connectivity index (χ2n) is 3.67. The molecule has 1 atom stereocenters. The molecule has 0 unspecified atom stereocenters. The van der Waals surface area contributed by atoms with Gasteiger partial charge in [0.15, 0.2) is 0 Å². The lowest BCUT2D eigenvalue weighted by molar-refractivity contribution is -0.136. The molecule has 0 aromatic heterocycles. The van der Waals surface area contributed by atoms with Gasteiger partial charge in [-0.2, -0.15) is 0 Å². The Hall–Kier alpha value is -1.26. The molecule has 5 nitrogen and oxygen atoms in total. The molecule has 0 aromatic carbocycles. The molecule has 0 spiro atoms. The highest BCUT2D eigenvalue weighted by atomic mass is 16.4. The normalized spacial score (nSPS) is 17.2. The maximum atomic E-state index is 11.2. The van der Waals surface area contributed by atoms with Gasteiger partial charge in [-0.05, 0) is 25.7 Å². The highest BCUT2D eigenvalue weighted by Gasteiger charge is 2.28. The Morgan fingerprint density at radius 3 is 2.64 bits per heavy atom. The second-order valence-corrected chi connectivity index (χ2v) is 3.67. The first-order chi connectivity index (χ1) is 6.59. The average Bonchev–Trinajstić information content (AvgIpc) is 2.84. The quantitative estimate of drug-likeness (QED) is 0.606. The van der Waals surface area contributed by atoms with Crippen molar-refractivity contribution in [1.82, 2.24) is 10.6 Å². The Kier molecular flexibility index (Phi) is 3.73.